The van der Waals surface area contributed by atoms with Crippen molar-refractivity contribution in [1.82, 2.24) is 5.32 Å². The van der Waals surface area contributed by atoms with E-state index in [0.717, 1.165) is 6.42 Å². The van der Waals surface area contributed by atoms with Crippen LogP contribution in [-0.2, 0) is 20.3 Å². The van der Waals surface area contributed by atoms with Crippen LogP contribution < -0.4 is 15.1 Å². The van der Waals surface area contributed by atoms with E-state index in [-0.39, 0.29) is 13.1 Å². The second-order valence-corrected chi connectivity index (χ2v) is 7.66. The Morgan fingerprint density at radius 1 is 1.36 bits per heavy atom. The van der Waals surface area contributed by atoms with Crippen LogP contribution in [0.3, 0.4) is 0 Å². The Kier molecular flexibility index (Phi) is 5.52. The van der Waals surface area contributed by atoms with Crippen LogP contribution in [0.25, 0.3) is 0 Å². The molecule has 0 radical (unpaired) electrons. The van der Waals surface area contributed by atoms with Crippen LogP contribution in [0.5, 0.6) is 0 Å². The lowest BCUT2D eigenvalue weighted by molar-refractivity contribution is -0.109. The van der Waals surface area contributed by atoms with E-state index in [1.807, 2.05) is 4.90 Å². The molecule has 2 atom stereocenters. The molecule has 0 aliphatic carbocycles. The largest absolute Gasteiger partial charge is 0.442 e. The summed E-state index contributed by atoms with van der Waals surface area (Å²) in [5, 5.41) is 2.47. The van der Waals surface area contributed by atoms with Gasteiger partial charge in [-0.2, -0.15) is 0 Å². The Morgan fingerprint density at radius 3 is 2.96 bits per heavy atom. The average molecular weight is 369 g/mol. The minimum atomic E-state index is -0.841. The number of halogens is 1. The molecule has 2 amide bonds. The summed E-state index contributed by atoms with van der Waals surface area (Å²) in [6.07, 6.45) is 0.285. The molecule has 7 nitrogen and oxygen atoms in total. The highest BCUT2D eigenvalue weighted by atomic mass is 32.2. The molecule has 2 unspecified atom stereocenters. The minimum absolute atomic E-state index is 0.219. The normalized spacial score (nSPS) is 24.0. The van der Waals surface area contributed by atoms with Crippen molar-refractivity contribution < 1.29 is 22.9 Å². The van der Waals surface area contributed by atoms with Crippen molar-refractivity contribution in [3.8, 4) is 0 Å². The smallest absolute Gasteiger partial charge is 0.414 e. The van der Waals surface area contributed by atoms with Crippen molar-refractivity contribution in [3.63, 3.8) is 0 Å². The fraction of sp³-hybridized carbons (Fsp3) is 0.500. The minimum Gasteiger partial charge on any atom is -0.442 e. The molecule has 2 aliphatic rings. The van der Waals surface area contributed by atoms with Gasteiger partial charge in [-0.25, -0.2) is 9.18 Å². The van der Waals surface area contributed by atoms with Crippen LogP contribution in [0.2, 0.25) is 0 Å². The molecule has 2 aliphatic heterocycles. The maximum absolute atomic E-state index is 14.6. The molecular formula is C16H20FN3O4S. The predicted octanol–water partition coefficient (Wildman–Crippen LogP) is 0.856. The summed E-state index contributed by atoms with van der Waals surface area (Å²) in [6, 6.07) is 4.63. The van der Waals surface area contributed by atoms with Gasteiger partial charge in [-0.3, -0.25) is 13.9 Å². The van der Waals surface area contributed by atoms with Gasteiger partial charge in [0.25, 0.3) is 0 Å². The van der Waals surface area contributed by atoms with E-state index in [1.54, 1.807) is 12.1 Å². The molecule has 1 aromatic carbocycles. The standard InChI is InChI=1S/C16H20FN3O4S/c17-14-8-12(20-10-13(9-18-11-21)24-16(20)22)2-3-15(14)19-4-1-6-25(23)7-5-19/h2-3,8,11,13H,1,4-7,9-10H2,(H,18,21). The number of ether oxygens (including phenoxy) is 1. The predicted molar refractivity (Wildman–Crippen MR) is 92.8 cm³/mol. The van der Waals surface area contributed by atoms with Gasteiger partial charge < -0.3 is 15.0 Å². The van der Waals surface area contributed by atoms with Crippen molar-refractivity contribution in [2.24, 2.45) is 0 Å². The third kappa shape index (κ3) is 4.09. The molecule has 0 bridgehead atoms. The number of nitrogens with one attached hydrogen (secondary N) is 1. The molecule has 2 saturated heterocycles. The molecule has 0 saturated carbocycles. The van der Waals surface area contributed by atoms with Crippen LogP contribution in [0, 0.1) is 5.82 Å². The Hall–Kier alpha value is -2.16. The van der Waals surface area contributed by atoms with Crippen LogP contribution in [0.1, 0.15) is 6.42 Å². The first kappa shape index (κ1) is 17.7. The summed E-state index contributed by atoms with van der Waals surface area (Å²) < 4.78 is 31.4. The summed E-state index contributed by atoms with van der Waals surface area (Å²) >= 11 is 0. The van der Waals surface area contributed by atoms with Gasteiger partial charge in [0.2, 0.25) is 6.41 Å². The highest BCUT2D eigenvalue weighted by Gasteiger charge is 2.32. The molecule has 1 aromatic rings. The maximum Gasteiger partial charge on any atom is 0.414 e. The van der Waals surface area contributed by atoms with Crippen molar-refractivity contribution in [2.45, 2.75) is 12.5 Å². The quantitative estimate of drug-likeness (QED) is 0.779. The summed E-state index contributed by atoms with van der Waals surface area (Å²) in [4.78, 5) is 25.5. The van der Waals surface area contributed by atoms with Gasteiger partial charge in [0.05, 0.1) is 24.5 Å². The molecule has 2 fully saturated rings. The van der Waals surface area contributed by atoms with Crippen molar-refractivity contribution in [3.05, 3.63) is 24.0 Å². The summed E-state index contributed by atoms with van der Waals surface area (Å²) in [6.45, 7) is 1.68. The number of nitrogens with zero attached hydrogens (tertiary/aromatic N) is 2. The first-order chi connectivity index (χ1) is 12.1. The molecule has 25 heavy (non-hydrogen) atoms. The number of cyclic esters (lactones) is 1. The van der Waals surface area contributed by atoms with Crippen molar-refractivity contribution in [2.75, 3.05) is 47.5 Å². The zero-order chi connectivity index (χ0) is 17.8. The number of carbonyl (C=O) groups excluding carboxylic acids is 2. The third-order valence-corrected chi connectivity index (χ3v) is 5.66. The first-order valence-electron chi connectivity index (χ1n) is 8.13. The van der Waals surface area contributed by atoms with E-state index in [2.05, 4.69) is 5.32 Å². The number of hydrogen-bond donors (Lipinski definition) is 1. The second-order valence-electron chi connectivity index (χ2n) is 5.97. The van der Waals surface area contributed by atoms with Gasteiger partial charge >= 0.3 is 6.09 Å². The van der Waals surface area contributed by atoms with Gasteiger partial charge in [-0.15, -0.1) is 0 Å². The van der Waals surface area contributed by atoms with Gasteiger partial charge in [-0.05, 0) is 24.6 Å². The third-order valence-electron chi connectivity index (χ3n) is 4.28. The number of anilines is 2. The fourth-order valence-corrected chi connectivity index (χ4v) is 4.10. The molecular weight excluding hydrogens is 349 g/mol. The Morgan fingerprint density at radius 2 is 2.20 bits per heavy atom. The molecule has 136 valence electrons. The molecule has 3 rings (SSSR count). The van der Waals surface area contributed by atoms with Crippen LogP contribution in [0.15, 0.2) is 18.2 Å². The zero-order valence-electron chi connectivity index (χ0n) is 13.7. The van der Waals surface area contributed by atoms with E-state index in [9.17, 15) is 18.2 Å². The van der Waals surface area contributed by atoms with E-state index in [1.165, 1.54) is 11.0 Å². The number of benzene rings is 1. The van der Waals surface area contributed by atoms with Crippen LogP contribution >= 0.6 is 0 Å². The molecule has 0 aromatic heterocycles. The van der Waals surface area contributed by atoms with Gasteiger partial charge in [0.1, 0.15) is 11.9 Å². The van der Waals surface area contributed by atoms with E-state index in [0.29, 0.717) is 42.4 Å². The Bertz CT molecular complexity index is 687. The Labute approximate surface area is 147 Å². The van der Waals surface area contributed by atoms with E-state index >= 15 is 0 Å². The highest BCUT2D eigenvalue weighted by molar-refractivity contribution is 7.85. The fourth-order valence-electron chi connectivity index (χ4n) is 3.02. The first-order valence-corrected chi connectivity index (χ1v) is 9.62. The summed E-state index contributed by atoms with van der Waals surface area (Å²) in [7, 11) is -0.841. The molecule has 0 spiro atoms. The van der Waals surface area contributed by atoms with Crippen molar-refractivity contribution >= 4 is 34.7 Å². The molecule has 1 N–H and O–H groups in total. The number of hydrogen-bond acceptors (Lipinski definition) is 5. The van der Waals surface area contributed by atoms with Crippen LogP contribution in [-0.4, -0.2) is 60.5 Å². The lowest BCUT2D eigenvalue weighted by atomic mass is 10.2. The number of carbonyl (C=O) groups is 2. The van der Waals surface area contributed by atoms with E-state index < -0.39 is 28.8 Å². The summed E-state index contributed by atoms with van der Waals surface area (Å²) in [5.41, 5.74) is 0.868. The van der Waals surface area contributed by atoms with Gasteiger partial charge in [0.15, 0.2) is 0 Å². The summed E-state index contributed by atoms with van der Waals surface area (Å²) in [5.74, 6) is 0.754. The maximum atomic E-state index is 14.6. The number of rotatable bonds is 5. The number of amides is 2. The van der Waals surface area contributed by atoms with Crippen LogP contribution in [0.4, 0.5) is 20.6 Å². The lowest BCUT2D eigenvalue weighted by Gasteiger charge is -2.23. The van der Waals surface area contributed by atoms with Gasteiger partial charge in [0, 0.05) is 35.4 Å². The highest BCUT2D eigenvalue weighted by Crippen LogP contribution is 2.28. The SMILES string of the molecule is O=CNCC1CN(c2ccc(N3CCCS(=O)CC3)c(F)c2)C(=O)O1. The molecule has 9 heteroatoms. The second kappa shape index (κ2) is 7.81. The van der Waals surface area contributed by atoms with E-state index in [4.69, 9.17) is 4.74 Å². The monoisotopic (exact) mass is 369 g/mol. The topological polar surface area (TPSA) is 79.0 Å². The lowest BCUT2D eigenvalue weighted by Crippen LogP contribution is -2.30. The van der Waals surface area contributed by atoms with Gasteiger partial charge in [-0.1, -0.05) is 0 Å². The molecule has 2 heterocycles. The average Bonchev–Trinajstić information content (AvgIpc) is 2.83. The van der Waals surface area contributed by atoms with Crippen molar-refractivity contribution in [1.29, 1.82) is 0 Å². The zero-order valence-corrected chi connectivity index (χ0v) is 14.5. The Balaban J connectivity index is 1.72.